The number of aliphatic imine (C=N–C) groups is 1. The number of ether oxygens (including phenoxy) is 1. The number of hydrogen-bond acceptors (Lipinski definition) is 7. The third-order valence-corrected chi connectivity index (χ3v) is 6.18. The van der Waals surface area contributed by atoms with E-state index in [1.807, 2.05) is 11.6 Å². The highest BCUT2D eigenvalue weighted by molar-refractivity contribution is 5.95. The number of aromatic nitrogens is 2. The van der Waals surface area contributed by atoms with E-state index in [0.29, 0.717) is 11.7 Å². The molecule has 3 aliphatic rings. The molecule has 2 fully saturated rings. The average Bonchev–Trinajstić information content (AvgIpc) is 3.00. The summed E-state index contributed by atoms with van der Waals surface area (Å²) in [5.41, 5.74) is 4.83. The van der Waals surface area contributed by atoms with Crippen LogP contribution in [0.15, 0.2) is 23.0 Å². The summed E-state index contributed by atoms with van der Waals surface area (Å²) in [6, 6.07) is 0.737. The zero-order chi connectivity index (χ0) is 21.5. The molecule has 2 atom stereocenters. The molecule has 0 aromatic carbocycles. The number of guanidine groups is 1. The van der Waals surface area contributed by atoms with Gasteiger partial charge in [-0.25, -0.2) is 4.99 Å². The Kier molecular flexibility index (Phi) is 5.54. The van der Waals surface area contributed by atoms with Crippen molar-refractivity contribution in [2.75, 3.05) is 31.6 Å². The molecule has 0 aliphatic carbocycles. The lowest BCUT2D eigenvalue weighted by molar-refractivity contribution is -0.101. The van der Waals surface area contributed by atoms with E-state index in [1.165, 1.54) is 0 Å². The Bertz CT molecular complexity index is 846. The topological polar surface area (TPSA) is 92.7 Å². The van der Waals surface area contributed by atoms with Crippen LogP contribution in [0.1, 0.15) is 37.9 Å². The van der Waals surface area contributed by atoms with E-state index >= 15 is 0 Å². The first-order valence-corrected chi connectivity index (χ1v) is 10.3. The molecule has 0 spiro atoms. The number of halogens is 3. The predicted molar refractivity (Wildman–Crippen MR) is 107 cm³/mol. The van der Waals surface area contributed by atoms with Crippen LogP contribution in [0.4, 0.5) is 18.9 Å². The fraction of sp³-hybridized carbons (Fsp3) is 0.684. The van der Waals surface area contributed by atoms with Crippen LogP contribution in [0.5, 0.6) is 0 Å². The Balaban J connectivity index is 1.48. The fourth-order valence-electron chi connectivity index (χ4n) is 4.21. The monoisotopic (exact) mass is 427 g/mol. The number of alkyl halides is 3. The highest BCUT2D eigenvalue weighted by atomic mass is 19.4. The van der Waals surface area contributed by atoms with Crippen LogP contribution >= 0.6 is 0 Å². The number of hydrogen-bond donors (Lipinski definition) is 3. The van der Waals surface area contributed by atoms with Crippen LogP contribution in [0.2, 0.25) is 0 Å². The highest BCUT2D eigenvalue weighted by Crippen LogP contribution is 2.36. The summed E-state index contributed by atoms with van der Waals surface area (Å²) in [7, 11) is 0. The summed E-state index contributed by atoms with van der Waals surface area (Å²) >= 11 is 0. The first-order chi connectivity index (χ1) is 14.2. The average molecular weight is 427 g/mol. The SMILES string of the molecule is CCC1(N)N=C(Nc2cnn([C@H]3CCCN(C4COC4)C3)c2C)NC=C1C(F)(F)F. The molecule has 11 heteroatoms. The number of anilines is 1. The van der Waals surface area contributed by atoms with E-state index in [4.69, 9.17) is 10.5 Å². The van der Waals surface area contributed by atoms with E-state index < -0.39 is 17.4 Å². The third kappa shape index (κ3) is 3.93. The number of likely N-dealkylation sites (tertiary alicyclic amines) is 1. The van der Waals surface area contributed by atoms with Crippen molar-refractivity contribution in [3.63, 3.8) is 0 Å². The Morgan fingerprint density at radius 2 is 2.13 bits per heavy atom. The van der Waals surface area contributed by atoms with Crippen molar-refractivity contribution in [3.8, 4) is 0 Å². The predicted octanol–water partition coefficient (Wildman–Crippen LogP) is 2.11. The lowest BCUT2D eigenvalue weighted by Gasteiger charge is -2.42. The van der Waals surface area contributed by atoms with E-state index in [-0.39, 0.29) is 18.4 Å². The first-order valence-electron chi connectivity index (χ1n) is 10.3. The molecule has 1 aromatic rings. The minimum atomic E-state index is -4.55. The van der Waals surface area contributed by atoms with Crippen molar-refractivity contribution >= 4 is 11.6 Å². The summed E-state index contributed by atoms with van der Waals surface area (Å²) < 4.78 is 47.1. The highest BCUT2D eigenvalue weighted by Gasteiger charge is 2.47. The number of rotatable bonds is 4. The second kappa shape index (κ2) is 7.86. The second-order valence-electron chi connectivity index (χ2n) is 8.13. The molecular formula is C19H28F3N7O. The number of nitrogens with two attached hydrogens (primary N) is 1. The third-order valence-electron chi connectivity index (χ3n) is 6.18. The standard InChI is InChI=1S/C19H28F3N7O/c1-3-18(23)16(19(20,21)22)8-24-17(27-18)26-15-7-25-29(12(15)2)13-5-4-6-28(9-13)14-10-30-11-14/h7-8,13-14H,3-6,9-11,23H2,1-2H3,(H2,24,26,27)/t13-,18?/m0/s1. The van der Waals surface area contributed by atoms with Crippen molar-refractivity contribution in [2.45, 2.75) is 57.0 Å². The van der Waals surface area contributed by atoms with Crippen LogP contribution < -0.4 is 16.4 Å². The fourth-order valence-corrected chi connectivity index (χ4v) is 4.21. The number of nitrogens with one attached hydrogen (secondary N) is 2. The molecule has 4 rings (SSSR count). The summed E-state index contributed by atoms with van der Waals surface area (Å²) in [6.07, 6.45) is 0.161. The molecule has 1 aromatic heterocycles. The van der Waals surface area contributed by atoms with Gasteiger partial charge in [0, 0.05) is 12.7 Å². The van der Waals surface area contributed by atoms with Gasteiger partial charge in [0.2, 0.25) is 5.96 Å². The normalized spacial score (nSPS) is 28.4. The summed E-state index contributed by atoms with van der Waals surface area (Å²) in [4.78, 5) is 6.57. The summed E-state index contributed by atoms with van der Waals surface area (Å²) in [6.45, 7) is 7.08. The Morgan fingerprint density at radius 3 is 2.77 bits per heavy atom. The van der Waals surface area contributed by atoms with Crippen molar-refractivity contribution < 1.29 is 17.9 Å². The molecule has 2 saturated heterocycles. The van der Waals surface area contributed by atoms with E-state index in [9.17, 15) is 13.2 Å². The molecule has 4 N–H and O–H groups in total. The van der Waals surface area contributed by atoms with E-state index in [1.54, 1.807) is 13.1 Å². The summed E-state index contributed by atoms with van der Waals surface area (Å²) in [5.74, 6) is 0.173. The van der Waals surface area contributed by atoms with Gasteiger partial charge in [0.1, 0.15) is 5.66 Å². The molecule has 8 nitrogen and oxygen atoms in total. The quantitative estimate of drug-likeness (QED) is 0.682. The lowest BCUT2D eigenvalue weighted by Crippen LogP contribution is -2.52. The van der Waals surface area contributed by atoms with E-state index in [2.05, 4.69) is 25.6 Å². The van der Waals surface area contributed by atoms with Gasteiger partial charge in [-0.05, 0) is 32.7 Å². The second-order valence-corrected chi connectivity index (χ2v) is 8.13. The Labute approximate surface area is 173 Å². The van der Waals surface area contributed by atoms with Gasteiger partial charge >= 0.3 is 6.18 Å². The maximum absolute atomic E-state index is 13.3. The van der Waals surface area contributed by atoms with Gasteiger partial charge in [-0.15, -0.1) is 0 Å². The first kappa shape index (κ1) is 21.1. The van der Waals surface area contributed by atoms with Gasteiger partial charge < -0.3 is 21.1 Å². The largest absolute Gasteiger partial charge is 0.417 e. The lowest BCUT2D eigenvalue weighted by atomic mass is 9.97. The Morgan fingerprint density at radius 1 is 1.37 bits per heavy atom. The minimum absolute atomic E-state index is 0.0201. The zero-order valence-electron chi connectivity index (χ0n) is 17.2. The van der Waals surface area contributed by atoms with Crippen molar-refractivity contribution in [1.29, 1.82) is 0 Å². The smallest absolute Gasteiger partial charge is 0.378 e. The van der Waals surface area contributed by atoms with E-state index in [0.717, 1.165) is 51.0 Å². The van der Waals surface area contributed by atoms with Crippen LogP contribution in [0.25, 0.3) is 0 Å². The molecule has 0 bridgehead atoms. The molecule has 30 heavy (non-hydrogen) atoms. The molecule has 1 unspecified atom stereocenters. The Hall–Kier alpha value is -2.11. The molecule has 166 valence electrons. The van der Waals surface area contributed by atoms with Gasteiger partial charge in [-0.1, -0.05) is 6.92 Å². The molecule has 3 aliphatic heterocycles. The van der Waals surface area contributed by atoms with Crippen LogP contribution in [-0.2, 0) is 4.74 Å². The zero-order valence-corrected chi connectivity index (χ0v) is 17.2. The molecule has 0 saturated carbocycles. The maximum Gasteiger partial charge on any atom is 0.417 e. The molecular weight excluding hydrogens is 399 g/mol. The van der Waals surface area contributed by atoms with Crippen LogP contribution in [0.3, 0.4) is 0 Å². The van der Waals surface area contributed by atoms with Crippen LogP contribution in [-0.4, -0.2) is 64.8 Å². The van der Waals surface area contributed by atoms with Crippen molar-refractivity contribution in [3.05, 3.63) is 23.7 Å². The number of nitrogens with zero attached hydrogens (tertiary/aromatic N) is 4. The molecule has 4 heterocycles. The maximum atomic E-state index is 13.3. The van der Waals surface area contributed by atoms with Gasteiger partial charge in [-0.2, -0.15) is 18.3 Å². The molecule has 0 amide bonds. The van der Waals surface area contributed by atoms with Gasteiger partial charge in [-0.3, -0.25) is 9.58 Å². The summed E-state index contributed by atoms with van der Waals surface area (Å²) in [5, 5.41) is 10.2. The van der Waals surface area contributed by atoms with Gasteiger partial charge in [0.15, 0.2) is 0 Å². The van der Waals surface area contributed by atoms with Crippen LogP contribution in [0, 0.1) is 6.92 Å². The van der Waals surface area contributed by atoms with Crippen molar-refractivity contribution in [1.82, 2.24) is 20.0 Å². The van der Waals surface area contributed by atoms with Crippen molar-refractivity contribution in [2.24, 2.45) is 10.7 Å². The van der Waals surface area contributed by atoms with Gasteiger partial charge in [0.25, 0.3) is 0 Å². The van der Waals surface area contributed by atoms with Gasteiger partial charge in [0.05, 0.1) is 48.4 Å². The molecule has 0 radical (unpaired) electrons. The number of piperidine rings is 1. The minimum Gasteiger partial charge on any atom is -0.378 e.